The summed E-state index contributed by atoms with van der Waals surface area (Å²) in [5, 5.41) is 21.4. The molecule has 4 nitrogen and oxygen atoms in total. The van der Waals surface area contributed by atoms with Crippen LogP contribution in [0.5, 0.6) is 5.75 Å². The number of aromatic hydroxyl groups is 1. The number of halogens is 2. The normalized spacial score (nSPS) is 9.85. The topological polar surface area (TPSA) is 73.1 Å². The van der Waals surface area contributed by atoms with Gasteiger partial charge in [0.1, 0.15) is 5.75 Å². The van der Waals surface area contributed by atoms with Gasteiger partial charge in [0.05, 0.1) is 27.9 Å². The number of nitrogens with zero attached hydrogens (tertiary/aromatic N) is 1. The summed E-state index contributed by atoms with van der Waals surface area (Å²) in [6.45, 7) is 0. The summed E-state index contributed by atoms with van der Waals surface area (Å²) < 4.78 is 0.663. The SMILES string of the molecule is N#Cc1ccc(Cl)c(NC(=O)c2ccc(Br)cc2O)c1. The van der Waals surface area contributed by atoms with Crippen molar-refractivity contribution >= 4 is 39.1 Å². The van der Waals surface area contributed by atoms with Crippen LogP contribution in [0.15, 0.2) is 40.9 Å². The van der Waals surface area contributed by atoms with Gasteiger partial charge in [-0.05, 0) is 36.4 Å². The van der Waals surface area contributed by atoms with Crippen molar-refractivity contribution in [3.8, 4) is 11.8 Å². The molecule has 0 aliphatic rings. The van der Waals surface area contributed by atoms with Crippen LogP contribution in [0.3, 0.4) is 0 Å². The summed E-state index contributed by atoms with van der Waals surface area (Å²) in [5.41, 5.74) is 0.814. The molecule has 2 rings (SSSR count). The molecule has 0 aromatic heterocycles. The van der Waals surface area contributed by atoms with Gasteiger partial charge in [-0.15, -0.1) is 0 Å². The zero-order valence-corrected chi connectivity index (χ0v) is 12.4. The van der Waals surface area contributed by atoms with Crippen molar-refractivity contribution in [2.75, 3.05) is 5.32 Å². The summed E-state index contributed by atoms with van der Waals surface area (Å²) in [6.07, 6.45) is 0. The number of amides is 1. The molecular weight excluding hydrogens is 344 g/mol. The summed E-state index contributed by atoms with van der Waals surface area (Å²) in [4.78, 5) is 12.1. The molecule has 1 amide bonds. The molecule has 0 aliphatic carbocycles. The van der Waals surface area contributed by atoms with Crippen molar-refractivity contribution in [2.24, 2.45) is 0 Å². The fourth-order valence-electron chi connectivity index (χ4n) is 1.58. The summed E-state index contributed by atoms with van der Waals surface area (Å²) in [7, 11) is 0. The average molecular weight is 352 g/mol. The van der Waals surface area contributed by atoms with Gasteiger partial charge < -0.3 is 10.4 Å². The Morgan fingerprint density at radius 3 is 2.70 bits per heavy atom. The van der Waals surface area contributed by atoms with E-state index in [1.54, 1.807) is 12.1 Å². The third kappa shape index (κ3) is 3.10. The van der Waals surface area contributed by atoms with E-state index >= 15 is 0 Å². The molecule has 0 saturated carbocycles. The first-order valence-corrected chi connectivity index (χ1v) is 6.68. The van der Waals surface area contributed by atoms with Crippen molar-refractivity contribution < 1.29 is 9.90 Å². The molecule has 0 radical (unpaired) electrons. The number of carbonyl (C=O) groups excluding carboxylic acids is 1. The van der Waals surface area contributed by atoms with Gasteiger partial charge in [-0.25, -0.2) is 0 Å². The lowest BCUT2D eigenvalue weighted by atomic mass is 10.1. The fourth-order valence-corrected chi connectivity index (χ4v) is 2.09. The summed E-state index contributed by atoms with van der Waals surface area (Å²) in [6, 6.07) is 11.0. The minimum atomic E-state index is -0.507. The van der Waals surface area contributed by atoms with Crippen LogP contribution in [0.1, 0.15) is 15.9 Å². The molecule has 2 aromatic carbocycles. The molecule has 2 aromatic rings. The first-order chi connectivity index (χ1) is 9.51. The smallest absolute Gasteiger partial charge is 0.259 e. The van der Waals surface area contributed by atoms with Gasteiger partial charge in [-0.2, -0.15) is 5.26 Å². The van der Waals surface area contributed by atoms with E-state index in [4.69, 9.17) is 16.9 Å². The van der Waals surface area contributed by atoms with Gasteiger partial charge in [0, 0.05) is 4.47 Å². The van der Waals surface area contributed by atoms with Crippen LogP contribution >= 0.6 is 27.5 Å². The predicted molar refractivity (Wildman–Crippen MR) is 79.9 cm³/mol. The average Bonchev–Trinajstić information content (AvgIpc) is 2.41. The predicted octanol–water partition coefficient (Wildman–Crippen LogP) is 3.93. The zero-order chi connectivity index (χ0) is 14.7. The highest BCUT2D eigenvalue weighted by Crippen LogP contribution is 2.26. The Labute approximate surface area is 128 Å². The molecule has 20 heavy (non-hydrogen) atoms. The van der Waals surface area contributed by atoms with E-state index in [0.717, 1.165) is 0 Å². The molecule has 0 aliphatic heterocycles. The van der Waals surface area contributed by atoms with Crippen molar-refractivity contribution in [1.29, 1.82) is 5.26 Å². The summed E-state index contributed by atoms with van der Waals surface area (Å²) in [5.74, 6) is -0.656. The maximum atomic E-state index is 12.1. The molecule has 0 saturated heterocycles. The Kier molecular flexibility index (Phi) is 4.28. The lowest BCUT2D eigenvalue weighted by Gasteiger charge is -2.09. The van der Waals surface area contributed by atoms with Gasteiger partial charge >= 0.3 is 0 Å². The molecule has 0 heterocycles. The van der Waals surface area contributed by atoms with E-state index in [0.29, 0.717) is 20.7 Å². The van der Waals surface area contributed by atoms with Gasteiger partial charge in [0.25, 0.3) is 5.91 Å². The van der Waals surface area contributed by atoms with E-state index in [-0.39, 0.29) is 11.3 Å². The Morgan fingerprint density at radius 2 is 2.05 bits per heavy atom. The second-order valence-electron chi connectivity index (χ2n) is 3.92. The molecular formula is C14H8BrClN2O2. The maximum absolute atomic E-state index is 12.1. The zero-order valence-electron chi connectivity index (χ0n) is 10.0. The quantitative estimate of drug-likeness (QED) is 0.861. The second-order valence-corrected chi connectivity index (χ2v) is 5.24. The van der Waals surface area contributed by atoms with Crippen molar-refractivity contribution in [3.63, 3.8) is 0 Å². The van der Waals surface area contributed by atoms with Gasteiger partial charge in [0.2, 0.25) is 0 Å². The lowest BCUT2D eigenvalue weighted by molar-refractivity contribution is 0.102. The molecule has 0 bridgehead atoms. The number of rotatable bonds is 2. The standard InChI is InChI=1S/C14H8BrClN2O2/c15-9-2-3-10(13(19)6-9)14(20)18-12-5-8(7-17)1-4-11(12)16/h1-6,19H,(H,18,20). The number of nitriles is 1. The third-order valence-electron chi connectivity index (χ3n) is 2.55. The number of nitrogens with one attached hydrogen (secondary N) is 1. The molecule has 0 spiro atoms. The largest absolute Gasteiger partial charge is 0.507 e. The van der Waals surface area contributed by atoms with E-state index in [9.17, 15) is 9.90 Å². The molecule has 100 valence electrons. The Hall–Kier alpha value is -2.03. The molecule has 0 atom stereocenters. The molecule has 0 fully saturated rings. The minimum absolute atomic E-state index is 0.117. The number of phenolic OH excluding ortho intramolecular Hbond substituents is 1. The second kappa shape index (κ2) is 5.95. The number of hydrogen-bond acceptors (Lipinski definition) is 3. The third-order valence-corrected chi connectivity index (χ3v) is 3.37. The monoisotopic (exact) mass is 350 g/mol. The number of hydrogen-bond donors (Lipinski definition) is 2. The van der Waals surface area contributed by atoms with E-state index in [2.05, 4.69) is 21.2 Å². The first kappa shape index (κ1) is 14.4. The fraction of sp³-hybridized carbons (Fsp3) is 0. The van der Waals surface area contributed by atoms with Crippen molar-refractivity contribution in [2.45, 2.75) is 0 Å². The Morgan fingerprint density at radius 1 is 1.30 bits per heavy atom. The highest BCUT2D eigenvalue weighted by Gasteiger charge is 2.13. The minimum Gasteiger partial charge on any atom is -0.507 e. The molecule has 2 N–H and O–H groups in total. The van der Waals surface area contributed by atoms with Gasteiger partial charge in [0.15, 0.2) is 0 Å². The first-order valence-electron chi connectivity index (χ1n) is 5.51. The lowest BCUT2D eigenvalue weighted by Crippen LogP contribution is -2.12. The van der Waals surface area contributed by atoms with Crippen molar-refractivity contribution in [1.82, 2.24) is 0 Å². The number of benzene rings is 2. The molecule has 6 heteroatoms. The van der Waals surface area contributed by atoms with Crippen LogP contribution in [0.25, 0.3) is 0 Å². The van der Waals surface area contributed by atoms with Crippen LogP contribution in [0.4, 0.5) is 5.69 Å². The van der Waals surface area contributed by atoms with Gasteiger partial charge in [-0.3, -0.25) is 4.79 Å². The van der Waals surface area contributed by atoms with Crippen LogP contribution in [0.2, 0.25) is 5.02 Å². The Balaban J connectivity index is 2.30. The highest BCUT2D eigenvalue weighted by molar-refractivity contribution is 9.10. The van der Waals surface area contributed by atoms with Crippen LogP contribution in [-0.4, -0.2) is 11.0 Å². The van der Waals surface area contributed by atoms with Crippen LogP contribution in [0, 0.1) is 11.3 Å². The van der Waals surface area contributed by atoms with Crippen LogP contribution < -0.4 is 5.32 Å². The van der Waals surface area contributed by atoms with E-state index in [1.165, 1.54) is 24.3 Å². The number of anilines is 1. The van der Waals surface area contributed by atoms with E-state index < -0.39 is 5.91 Å². The van der Waals surface area contributed by atoms with Crippen LogP contribution in [-0.2, 0) is 0 Å². The molecule has 0 unspecified atom stereocenters. The van der Waals surface area contributed by atoms with E-state index in [1.807, 2.05) is 6.07 Å². The number of phenols is 1. The summed E-state index contributed by atoms with van der Waals surface area (Å²) >= 11 is 9.15. The number of carbonyl (C=O) groups is 1. The van der Waals surface area contributed by atoms with Crippen molar-refractivity contribution in [3.05, 3.63) is 57.0 Å². The Bertz CT molecular complexity index is 726. The maximum Gasteiger partial charge on any atom is 0.259 e. The van der Waals surface area contributed by atoms with Gasteiger partial charge in [-0.1, -0.05) is 27.5 Å². The highest BCUT2D eigenvalue weighted by atomic mass is 79.9.